The number of aromatic nitrogens is 1. The summed E-state index contributed by atoms with van der Waals surface area (Å²) in [5.74, 6) is -0.722. The van der Waals surface area contributed by atoms with Gasteiger partial charge in [0.25, 0.3) is 0 Å². The van der Waals surface area contributed by atoms with Crippen LogP contribution in [0.2, 0.25) is 0 Å². The molecule has 1 aromatic carbocycles. The predicted octanol–water partition coefficient (Wildman–Crippen LogP) is 2.00. The van der Waals surface area contributed by atoms with Gasteiger partial charge in [-0.1, -0.05) is 31.2 Å². The van der Waals surface area contributed by atoms with Crippen LogP contribution in [0, 0.1) is 5.92 Å². The molecule has 1 fully saturated rings. The topological polar surface area (TPSA) is 59.1 Å². The number of nitrogens with zero attached hydrogens (tertiary/aromatic N) is 1. The van der Waals surface area contributed by atoms with Crippen molar-refractivity contribution in [1.29, 1.82) is 0 Å². The minimum absolute atomic E-state index is 0.0974. The Labute approximate surface area is 110 Å². The summed E-state index contributed by atoms with van der Waals surface area (Å²) in [6.45, 7) is 1.86. The normalized spacial score (nSPS) is 23.4. The molecule has 3 rings (SSSR count). The third-order valence-electron chi connectivity index (χ3n) is 3.78. The number of nitrogens with one attached hydrogen (secondary N) is 1. The predicted molar refractivity (Wildman–Crippen MR) is 71.4 cm³/mol. The number of amides is 2. The first-order valence-corrected chi connectivity index (χ1v) is 6.33. The third-order valence-corrected chi connectivity index (χ3v) is 3.78. The lowest BCUT2D eigenvalue weighted by Crippen LogP contribution is -2.43. The molecule has 2 heterocycles. The number of imide groups is 1. The number of carbonyl (C=O) groups is 2. The molecule has 2 unspecified atom stereocenters. The van der Waals surface area contributed by atoms with Gasteiger partial charge in [0.15, 0.2) is 0 Å². The van der Waals surface area contributed by atoms with Gasteiger partial charge in [0, 0.05) is 36.0 Å². The van der Waals surface area contributed by atoms with Crippen LogP contribution in [-0.4, -0.2) is 16.8 Å². The second kappa shape index (κ2) is 4.46. The van der Waals surface area contributed by atoms with Gasteiger partial charge in [-0.05, 0) is 10.9 Å². The Morgan fingerprint density at radius 2 is 2.00 bits per heavy atom. The molecule has 0 bridgehead atoms. The molecule has 1 saturated heterocycles. The molecule has 1 N–H and O–H groups in total. The van der Waals surface area contributed by atoms with Gasteiger partial charge in [0.1, 0.15) is 0 Å². The summed E-state index contributed by atoms with van der Waals surface area (Å²) in [7, 11) is 0. The second-order valence-corrected chi connectivity index (χ2v) is 4.96. The maximum Gasteiger partial charge on any atom is 0.230 e. The van der Waals surface area contributed by atoms with Crippen molar-refractivity contribution in [3.05, 3.63) is 42.2 Å². The zero-order valence-corrected chi connectivity index (χ0v) is 10.6. The van der Waals surface area contributed by atoms with Gasteiger partial charge in [-0.15, -0.1) is 0 Å². The summed E-state index contributed by atoms with van der Waals surface area (Å²) < 4.78 is 0. The first-order valence-electron chi connectivity index (χ1n) is 6.33. The van der Waals surface area contributed by atoms with Crippen LogP contribution in [-0.2, 0) is 9.59 Å². The van der Waals surface area contributed by atoms with Crippen LogP contribution in [0.3, 0.4) is 0 Å². The summed E-state index contributed by atoms with van der Waals surface area (Å²) in [5, 5.41) is 4.48. The zero-order valence-electron chi connectivity index (χ0n) is 10.6. The Morgan fingerprint density at radius 3 is 2.84 bits per heavy atom. The molecule has 0 radical (unpaired) electrons. The highest BCUT2D eigenvalue weighted by Gasteiger charge is 2.34. The van der Waals surface area contributed by atoms with E-state index in [4.69, 9.17) is 0 Å². The van der Waals surface area contributed by atoms with Crippen LogP contribution in [0.1, 0.15) is 24.8 Å². The monoisotopic (exact) mass is 254 g/mol. The van der Waals surface area contributed by atoms with Gasteiger partial charge in [-0.25, -0.2) is 0 Å². The average molecular weight is 254 g/mol. The van der Waals surface area contributed by atoms with Crippen molar-refractivity contribution in [2.24, 2.45) is 5.92 Å². The fraction of sp³-hybridized carbons (Fsp3) is 0.267. The van der Waals surface area contributed by atoms with Crippen LogP contribution in [0.5, 0.6) is 0 Å². The fourth-order valence-corrected chi connectivity index (χ4v) is 2.68. The molecule has 96 valence electrons. The summed E-state index contributed by atoms with van der Waals surface area (Å²) in [5.41, 5.74) is 0.980. The van der Waals surface area contributed by atoms with E-state index in [1.807, 2.05) is 31.2 Å². The number of rotatable bonds is 1. The Hall–Kier alpha value is -2.23. The molecule has 0 spiro atoms. The van der Waals surface area contributed by atoms with E-state index in [0.29, 0.717) is 6.42 Å². The quantitative estimate of drug-likeness (QED) is 0.792. The van der Waals surface area contributed by atoms with Crippen molar-refractivity contribution in [2.45, 2.75) is 19.3 Å². The van der Waals surface area contributed by atoms with Gasteiger partial charge in [-0.3, -0.25) is 19.9 Å². The number of fused-ring (bicyclic) bond motifs is 1. The number of carbonyl (C=O) groups excluding carboxylic acids is 2. The lowest BCUT2D eigenvalue weighted by atomic mass is 9.80. The molecule has 4 nitrogen and oxygen atoms in total. The van der Waals surface area contributed by atoms with Gasteiger partial charge >= 0.3 is 0 Å². The summed E-state index contributed by atoms with van der Waals surface area (Å²) in [6.07, 6.45) is 3.91. The van der Waals surface area contributed by atoms with Crippen LogP contribution in [0.15, 0.2) is 36.7 Å². The minimum Gasteiger partial charge on any atom is -0.296 e. The summed E-state index contributed by atoms with van der Waals surface area (Å²) in [6, 6.07) is 7.91. The van der Waals surface area contributed by atoms with Crippen molar-refractivity contribution in [2.75, 3.05) is 0 Å². The standard InChI is InChI=1S/C15H14N2O2/c1-9-12(6-14(18)17-15(9)19)13-8-16-7-10-4-2-3-5-11(10)13/h2-5,7-9,12H,6H2,1H3,(H,17,18,19). The first-order chi connectivity index (χ1) is 9.16. The highest BCUT2D eigenvalue weighted by molar-refractivity contribution is 6.00. The van der Waals surface area contributed by atoms with Crippen molar-refractivity contribution in [3.8, 4) is 0 Å². The van der Waals surface area contributed by atoms with E-state index in [-0.39, 0.29) is 23.7 Å². The molecule has 1 aromatic heterocycles. The van der Waals surface area contributed by atoms with E-state index in [9.17, 15) is 9.59 Å². The highest BCUT2D eigenvalue weighted by atomic mass is 16.2. The number of hydrogen-bond donors (Lipinski definition) is 1. The second-order valence-electron chi connectivity index (χ2n) is 4.96. The average Bonchev–Trinajstić information content (AvgIpc) is 2.42. The largest absolute Gasteiger partial charge is 0.296 e. The first kappa shape index (κ1) is 11.8. The molecule has 1 aliphatic heterocycles. The molecular formula is C15H14N2O2. The molecule has 1 aliphatic rings. The Kier molecular flexibility index (Phi) is 2.78. The number of piperidine rings is 1. The highest BCUT2D eigenvalue weighted by Crippen LogP contribution is 2.34. The molecule has 2 amide bonds. The van der Waals surface area contributed by atoms with Crippen molar-refractivity contribution < 1.29 is 9.59 Å². The van der Waals surface area contributed by atoms with E-state index in [1.165, 1.54) is 0 Å². The molecule has 2 aromatic rings. The number of benzene rings is 1. The zero-order chi connectivity index (χ0) is 13.4. The molecule has 0 saturated carbocycles. The minimum atomic E-state index is -0.217. The maximum atomic E-state index is 11.8. The number of hydrogen-bond acceptors (Lipinski definition) is 3. The fourth-order valence-electron chi connectivity index (χ4n) is 2.68. The Morgan fingerprint density at radius 1 is 1.21 bits per heavy atom. The van der Waals surface area contributed by atoms with Crippen LogP contribution in [0.4, 0.5) is 0 Å². The van der Waals surface area contributed by atoms with Crippen LogP contribution < -0.4 is 5.32 Å². The van der Waals surface area contributed by atoms with E-state index < -0.39 is 0 Å². The molecule has 2 atom stereocenters. The maximum absolute atomic E-state index is 11.8. The smallest absolute Gasteiger partial charge is 0.230 e. The molecule has 19 heavy (non-hydrogen) atoms. The van der Waals surface area contributed by atoms with E-state index in [1.54, 1.807) is 12.4 Å². The van der Waals surface area contributed by atoms with E-state index in [0.717, 1.165) is 16.3 Å². The van der Waals surface area contributed by atoms with Crippen molar-refractivity contribution in [3.63, 3.8) is 0 Å². The van der Waals surface area contributed by atoms with Crippen LogP contribution in [0.25, 0.3) is 10.8 Å². The van der Waals surface area contributed by atoms with Crippen molar-refractivity contribution in [1.82, 2.24) is 10.3 Å². The Balaban J connectivity index is 2.13. The molecule has 4 heteroatoms. The van der Waals surface area contributed by atoms with Crippen LogP contribution >= 0.6 is 0 Å². The van der Waals surface area contributed by atoms with Gasteiger partial charge in [0.05, 0.1) is 0 Å². The van der Waals surface area contributed by atoms with Gasteiger partial charge < -0.3 is 0 Å². The van der Waals surface area contributed by atoms with E-state index in [2.05, 4.69) is 10.3 Å². The lowest BCUT2D eigenvalue weighted by Gasteiger charge is -2.28. The van der Waals surface area contributed by atoms with E-state index >= 15 is 0 Å². The molecule has 0 aliphatic carbocycles. The van der Waals surface area contributed by atoms with Gasteiger partial charge in [0.2, 0.25) is 11.8 Å². The Bertz CT molecular complexity index is 661. The SMILES string of the molecule is CC1C(=O)NC(=O)CC1c1cncc2ccccc12. The van der Waals surface area contributed by atoms with Gasteiger partial charge in [-0.2, -0.15) is 0 Å². The molecular weight excluding hydrogens is 240 g/mol. The summed E-state index contributed by atoms with van der Waals surface area (Å²) >= 11 is 0. The summed E-state index contributed by atoms with van der Waals surface area (Å²) in [4.78, 5) is 27.6. The van der Waals surface area contributed by atoms with Crippen molar-refractivity contribution >= 4 is 22.6 Å². The lowest BCUT2D eigenvalue weighted by molar-refractivity contribution is -0.136. The third kappa shape index (κ3) is 1.99. The number of pyridine rings is 1.